The van der Waals surface area contributed by atoms with E-state index in [1.807, 2.05) is 13.8 Å². The van der Waals surface area contributed by atoms with Crippen LogP contribution >= 0.6 is 0 Å². The highest BCUT2D eigenvalue weighted by molar-refractivity contribution is 5.86. The van der Waals surface area contributed by atoms with Crippen molar-refractivity contribution in [2.75, 3.05) is 7.11 Å². The molecule has 0 bridgehead atoms. The molecule has 0 heterocycles. The molecule has 0 rings (SSSR count). The summed E-state index contributed by atoms with van der Waals surface area (Å²) < 4.78 is 9.44. The van der Waals surface area contributed by atoms with Crippen LogP contribution in [0.4, 0.5) is 9.59 Å². The quantitative estimate of drug-likeness (QED) is 0.679. The average Bonchev–Trinajstić information content (AvgIpc) is 2.32. The number of methoxy groups -OCH3 is 1. The Morgan fingerprint density at radius 2 is 1.62 bits per heavy atom. The zero-order valence-corrected chi connectivity index (χ0v) is 13.4. The molecule has 0 aliphatic rings. The van der Waals surface area contributed by atoms with Gasteiger partial charge in [-0.1, -0.05) is 13.8 Å². The molecular weight excluding hydrogens is 278 g/mol. The summed E-state index contributed by atoms with van der Waals surface area (Å²) in [4.78, 5) is 34.6. The molecule has 0 radical (unpaired) electrons. The summed E-state index contributed by atoms with van der Waals surface area (Å²) >= 11 is 0. The number of hydrogen-bond donors (Lipinski definition) is 3. The van der Waals surface area contributed by atoms with Crippen LogP contribution in [0, 0.1) is 5.92 Å². The van der Waals surface area contributed by atoms with Gasteiger partial charge in [0.25, 0.3) is 5.91 Å². The van der Waals surface area contributed by atoms with Crippen molar-refractivity contribution in [1.82, 2.24) is 16.2 Å². The topological polar surface area (TPSA) is 106 Å². The number of carbonyl (C=O) groups excluding carboxylic acids is 3. The first-order valence-corrected chi connectivity index (χ1v) is 6.68. The van der Waals surface area contributed by atoms with Crippen molar-refractivity contribution in [3.8, 4) is 0 Å². The van der Waals surface area contributed by atoms with Gasteiger partial charge in [-0.05, 0) is 33.1 Å². The fourth-order valence-corrected chi connectivity index (χ4v) is 1.41. The lowest BCUT2D eigenvalue weighted by atomic mass is 10.0. The predicted octanol–water partition coefficient (Wildman–Crippen LogP) is 1.31. The van der Waals surface area contributed by atoms with Gasteiger partial charge in [0.2, 0.25) is 0 Å². The van der Waals surface area contributed by atoms with Gasteiger partial charge in [0, 0.05) is 0 Å². The van der Waals surface area contributed by atoms with E-state index in [9.17, 15) is 14.4 Å². The molecule has 3 amide bonds. The number of hydrogen-bond acceptors (Lipinski definition) is 5. The van der Waals surface area contributed by atoms with Crippen LogP contribution in [0.2, 0.25) is 0 Å². The zero-order chi connectivity index (χ0) is 16.6. The minimum Gasteiger partial charge on any atom is -0.453 e. The summed E-state index contributed by atoms with van der Waals surface area (Å²) in [7, 11) is 1.21. The number of hydrazine groups is 1. The molecule has 0 saturated heterocycles. The maximum atomic E-state index is 11.9. The van der Waals surface area contributed by atoms with Crippen LogP contribution in [0.3, 0.4) is 0 Å². The van der Waals surface area contributed by atoms with Gasteiger partial charge in [-0.2, -0.15) is 0 Å². The van der Waals surface area contributed by atoms with Gasteiger partial charge in [0.1, 0.15) is 11.6 Å². The minimum atomic E-state index is -0.813. The first-order valence-electron chi connectivity index (χ1n) is 6.68. The zero-order valence-electron chi connectivity index (χ0n) is 13.4. The van der Waals surface area contributed by atoms with E-state index in [-0.39, 0.29) is 5.92 Å². The van der Waals surface area contributed by atoms with E-state index < -0.39 is 29.7 Å². The van der Waals surface area contributed by atoms with E-state index in [4.69, 9.17) is 4.74 Å². The van der Waals surface area contributed by atoms with Crippen LogP contribution in [0.15, 0.2) is 0 Å². The number of alkyl carbamates (subject to hydrolysis) is 1. The van der Waals surface area contributed by atoms with Crippen LogP contribution in [-0.2, 0) is 14.3 Å². The predicted molar refractivity (Wildman–Crippen MR) is 76.3 cm³/mol. The van der Waals surface area contributed by atoms with E-state index in [1.54, 1.807) is 20.8 Å². The van der Waals surface area contributed by atoms with Crippen LogP contribution < -0.4 is 16.2 Å². The first-order chi connectivity index (χ1) is 9.55. The summed E-state index contributed by atoms with van der Waals surface area (Å²) in [5.74, 6) is -0.389. The van der Waals surface area contributed by atoms with E-state index in [0.717, 1.165) is 0 Å². The SMILES string of the molecule is COC(=O)NC(CC(C)C)C(=O)NNC(=O)OC(C)(C)C. The van der Waals surface area contributed by atoms with Gasteiger partial charge >= 0.3 is 12.2 Å². The number of nitrogens with one attached hydrogen (secondary N) is 3. The Morgan fingerprint density at radius 3 is 2.05 bits per heavy atom. The lowest BCUT2D eigenvalue weighted by Crippen LogP contribution is -2.53. The number of carbonyl (C=O) groups is 3. The Kier molecular flexibility index (Phi) is 7.54. The van der Waals surface area contributed by atoms with Crippen molar-refractivity contribution in [3.63, 3.8) is 0 Å². The second-order valence-corrected chi connectivity index (χ2v) is 5.93. The highest BCUT2D eigenvalue weighted by Crippen LogP contribution is 2.07. The highest BCUT2D eigenvalue weighted by Gasteiger charge is 2.23. The summed E-state index contributed by atoms with van der Waals surface area (Å²) in [5, 5.41) is 2.40. The summed E-state index contributed by atoms with van der Waals surface area (Å²) in [6.07, 6.45) is -1.10. The van der Waals surface area contributed by atoms with Crippen molar-refractivity contribution in [2.45, 2.75) is 52.7 Å². The third-order valence-electron chi connectivity index (χ3n) is 2.19. The molecule has 0 aliphatic carbocycles. The molecule has 3 N–H and O–H groups in total. The molecule has 122 valence electrons. The van der Waals surface area contributed by atoms with Gasteiger partial charge in [-0.25, -0.2) is 15.0 Å². The maximum Gasteiger partial charge on any atom is 0.426 e. The highest BCUT2D eigenvalue weighted by atomic mass is 16.6. The van der Waals surface area contributed by atoms with Crippen molar-refractivity contribution >= 4 is 18.1 Å². The first kappa shape index (κ1) is 19.0. The number of ether oxygens (including phenoxy) is 2. The largest absolute Gasteiger partial charge is 0.453 e. The molecule has 0 aliphatic heterocycles. The Bertz CT molecular complexity index is 376. The summed E-state index contributed by atoms with van der Waals surface area (Å²) in [6, 6.07) is -0.813. The molecule has 0 aromatic carbocycles. The van der Waals surface area contributed by atoms with Crippen LogP contribution in [0.25, 0.3) is 0 Å². The second-order valence-electron chi connectivity index (χ2n) is 5.93. The molecule has 0 aromatic rings. The van der Waals surface area contributed by atoms with Gasteiger partial charge < -0.3 is 14.8 Å². The smallest absolute Gasteiger partial charge is 0.426 e. The third kappa shape index (κ3) is 9.53. The molecule has 0 spiro atoms. The molecular formula is C13H25N3O5. The van der Waals surface area contributed by atoms with Gasteiger partial charge in [-0.3, -0.25) is 10.2 Å². The van der Waals surface area contributed by atoms with Gasteiger partial charge in [-0.15, -0.1) is 0 Å². The van der Waals surface area contributed by atoms with E-state index in [0.29, 0.717) is 6.42 Å². The number of amides is 3. The van der Waals surface area contributed by atoms with E-state index in [1.165, 1.54) is 7.11 Å². The fraction of sp³-hybridized carbons (Fsp3) is 0.769. The van der Waals surface area contributed by atoms with Crippen molar-refractivity contribution in [2.24, 2.45) is 5.92 Å². The lowest BCUT2D eigenvalue weighted by Gasteiger charge is -2.22. The lowest BCUT2D eigenvalue weighted by molar-refractivity contribution is -0.124. The Hall–Kier alpha value is -1.99. The number of rotatable bonds is 4. The van der Waals surface area contributed by atoms with E-state index >= 15 is 0 Å². The van der Waals surface area contributed by atoms with Gasteiger partial charge in [0.15, 0.2) is 0 Å². The standard InChI is InChI=1S/C13H25N3O5/c1-8(2)7-9(14-11(18)20-6)10(17)15-16-12(19)21-13(3,4)5/h8-9H,7H2,1-6H3,(H,14,18)(H,15,17)(H,16,19). The Morgan fingerprint density at radius 1 is 1.05 bits per heavy atom. The summed E-state index contributed by atoms with van der Waals surface area (Å²) in [6.45, 7) is 8.92. The third-order valence-corrected chi connectivity index (χ3v) is 2.19. The minimum absolute atomic E-state index is 0.166. The maximum absolute atomic E-state index is 11.9. The molecule has 8 nitrogen and oxygen atoms in total. The van der Waals surface area contributed by atoms with Crippen LogP contribution in [0.5, 0.6) is 0 Å². The normalized spacial score (nSPS) is 12.3. The molecule has 0 fully saturated rings. The molecule has 1 unspecified atom stereocenters. The summed E-state index contributed by atoms with van der Waals surface area (Å²) in [5.41, 5.74) is 3.67. The fourth-order valence-electron chi connectivity index (χ4n) is 1.41. The molecule has 0 saturated carbocycles. The van der Waals surface area contributed by atoms with Crippen molar-refractivity contribution in [3.05, 3.63) is 0 Å². The molecule has 0 aromatic heterocycles. The molecule has 8 heteroatoms. The van der Waals surface area contributed by atoms with Crippen LogP contribution in [0.1, 0.15) is 41.0 Å². The van der Waals surface area contributed by atoms with Crippen molar-refractivity contribution in [1.29, 1.82) is 0 Å². The monoisotopic (exact) mass is 303 g/mol. The Labute approximate surface area is 124 Å². The van der Waals surface area contributed by atoms with Crippen LogP contribution in [-0.4, -0.2) is 36.8 Å². The Balaban J connectivity index is 4.46. The molecule has 1 atom stereocenters. The average molecular weight is 303 g/mol. The van der Waals surface area contributed by atoms with Gasteiger partial charge in [0.05, 0.1) is 7.11 Å². The van der Waals surface area contributed by atoms with Crippen molar-refractivity contribution < 1.29 is 23.9 Å². The van der Waals surface area contributed by atoms with E-state index in [2.05, 4.69) is 20.9 Å². The second kappa shape index (κ2) is 8.33. The molecule has 21 heavy (non-hydrogen) atoms.